The van der Waals surface area contributed by atoms with E-state index in [0.29, 0.717) is 13.2 Å². The van der Waals surface area contributed by atoms with Crippen molar-refractivity contribution in [3.63, 3.8) is 0 Å². The van der Waals surface area contributed by atoms with E-state index in [4.69, 9.17) is 28.4 Å². The quantitative estimate of drug-likeness (QED) is 0.259. The number of esters is 3. The average molecular weight is 497 g/mol. The van der Waals surface area contributed by atoms with Gasteiger partial charge in [-0.05, 0) is 11.6 Å². The predicted octanol–water partition coefficient (Wildman–Crippen LogP) is 3.08. The van der Waals surface area contributed by atoms with Gasteiger partial charge >= 0.3 is 17.9 Å². The molecule has 1 aromatic rings. The van der Waals surface area contributed by atoms with Crippen LogP contribution in [-0.4, -0.2) is 69.9 Å². The molecule has 1 aromatic carbocycles. The van der Waals surface area contributed by atoms with Crippen LogP contribution in [0.15, 0.2) is 30.3 Å². The van der Waals surface area contributed by atoms with Gasteiger partial charge in [-0.1, -0.05) is 50.0 Å². The van der Waals surface area contributed by atoms with E-state index in [-0.39, 0.29) is 6.61 Å². The zero-order valence-corrected chi connectivity index (χ0v) is 21.8. The van der Waals surface area contributed by atoms with Crippen molar-refractivity contribution in [2.45, 2.75) is 83.8 Å². The standard InChI is InChI=1S/C24H36O9Si/c1-16(25)30-21-20(15-28-14-19-10-8-7-9-11-19)33-24(29-12-13-34(4,5)6)23(32-18(3)27)22(21)31-17(2)26/h7-11,20-24H,12-15H2,1-6H3/t20-,21+,22+,23-,24?/m1/s1. The molecule has 0 amide bonds. The Balaban J connectivity index is 2.27. The molecule has 0 aliphatic carbocycles. The number of hydrogen-bond donors (Lipinski definition) is 0. The van der Waals surface area contributed by atoms with Crippen LogP contribution in [0.25, 0.3) is 0 Å². The fraction of sp³-hybridized carbons (Fsp3) is 0.625. The molecule has 1 heterocycles. The van der Waals surface area contributed by atoms with Crippen molar-refractivity contribution in [3.05, 3.63) is 35.9 Å². The maximum Gasteiger partial charge on any atom is 0.303 e. The highest BCUT2D eigenvalue weighted by Gasteiger charge is 2.52. The van der Waals surface area contributed by atoms with Crippen molar-refractivity contribution in [2.24, 2.45) is 0 Å². The number of hydrogen-bond acceptors (Lipinski definition) is 9. The van der Waals surface area contributed by atoms with Gasteiger partial charge in [0.05, 0.1) is 13.2 Å². The van der Waals surface area contributed by atoms with Gasteiger partial charge in [0.25, 0.3) is 0 Å². The molecule has 0 saturated carbocycles. The van der Waals surface area contributed by atoms with Gasteiger partial charge in [-0.2, -0.15) is 0 Å². The second kappa shape index (κ2) is 13.0. The number of carbonyl (C=O) groups is 3. The largest absolute Gasteiger partial charge is 0.456 e. The Labute approximate surface area is 202 Å². The van der Waals surface area contributed by atoms with E-state index < -0.39 is 56.7 Å². The molecular weight excluding hydrogens is 460 g/mol. The van der Waals surface area contributed by atoms with Crippen LogP contribution in [0.1, 0.15) is 26.3 Å². The van der Waals surface area contributed by atoms with Crippen LogP contribution in [0.5, 0.6) is 0 Å². The molecule has 34 heavy (non-hydrogen) atoms. The Hall–Kier alpha value is -2.27. The van der Waals surface area contributed by atoms with Crippen LogP contribution in [0.3, 0.4) is 0 Å². The van der Waals surface area contributed by atoms with Crippen LogP contribution < -0.4 is 0 Å². The molecule has 5 atom stereocenters. The Kier molecular flexibility index (Phi) is 10.7. The summed E-state index contributed by atoms with van der Waals surface area (Å²) in [4.78, 5) is 35.7. The Bertz CT molecular complexity index is 808. The van der Waals surface area contributed by atoms with E-state index in [9.17, 15) is 14.4 Å². The highest BCUT2D eigenvalue weighted by atomic mass is 28.3. The summed E-state index contributed by atoms with van der Waals surface area (Å²) in [5.41, 5.74) is 0.958. The van der Waals surface area contributed by atoms with Crippen LogP contribution in [-0.2, 0) is 49.4 Å². The number of benzene rings is 1. The molecule has 9 nitrogen and oxygen atoms in total. The fourth-order valence-corrected chi connectivity index (χ4v) is 4.20. The third-order valence-corrected chi connectivity index (χ3v) is 6.73. The van der Waals surface area contributed by atoms with Crippen molar-refractivity contribution in [2.75, 3.05) is 13.2 Å². The molecule has 1 saturated heterocycles. The summed E-state index contributed by atoms with van der Waals surface area (Å²) in [6.07, 6.45) is -5.14. The van der Waals surface area contributed by atoms with Gasteiger partial charge in [0.15, 0.2) is 24.6 Å². The van der Waals surface area contributed by atoms with E-state index in [2.05, 4.69) is 19.6 Å². The monoisotopic (exact) mass is 496 g/mol. The lowest BCUT2D eigenvalue weighted by molar-refractivity contribution is -0.308. The molecule has 0 aromatic heterocycles. The van der Waals surface area contributed by atoms with Gasteiger partial charge in [0.1, 0.15) is 6.10 Å². The molecule has 190 valence electrons. The van der Waals surface area contributed by atoms with Crippen molar-refractivity contribution < 1.29 is 42.8 Å². The third-order valence-electron chi connectivity index (χ3n) is 5.03. The van der Waals surface area contributed by atoms with Crippen LogP contribution >= 0.6 is 0 Å². The van der Waals surface area contributed by atoms with Crippen LogP contribution in [0.2, 0.25) is 25.7 Å². The number of carbonyl (C=O) groups excluding carboxylic acids is 3. The minimum Gasteiger partial charge on any atom is -0.456 e. The summed E-state index contributed by atoms with van der Waals surface area (Å²) in [5.74, 6) is -1.82. The maximum absolute atomic E-state index is 11.9. The molecule has 2 rings (SSSR count). The molecule has 1 aliphatic rings. The molecule has 10 heteroatoms. The van der Waals surface area contributed by atoms with Gasteiger partial charge in [0.2, 0.25) is 0 Å². The summed E-state index contributed by atoms with van der Waals surface area (Å²) in [6.45, 7) is 11.0. The summed E-state index contributed by atoms with van der Waals surface area (Å²) in [6, 6.07) is 10.4. The Morgan fingerprint density at radius 3 is 1.97 bits per heavy atom. The summed E-state index contributed by atoms with van der Waals surface area (Å²) < 4.78 is 34.3. The minimum atomic E-state index is -1.42. The fourth-order valence-electron chi connectivity index (χ4n) is 3.47. The lowest BCUT2D eigenvalue weighted by atomic mass is 9.98. The SMILES string of the molecule is CC(=O)O[C@@H]1[C@H](OC(C)=O)[C@@H](OC(C)=O)C(OCC[Si](C)(C)C)O[C@@H]1COCc1ccccc1. The first-order valence-electron chi connectivity index (χ1n) is 11.4. The Morgan fingerprint density at radius 1 is 0.853 bits per heavy atom. The minimum absolute atomic E-state index is 0.0330. The van der Waals surface area contributed by atoms with Gasteiger partial charge in [-0.25, -0.2) is 0 Å². The van der Waals surface area contributed by atoms with Crippen molar-refractivity contribution >= 4 is 26.0 Å². The van der Waals surface area contributed by atoms with Crippen molar-refractivity contribution in [1.29, 1.82) is 0 Å². The molecule has 0 radical (unpaired) electrons. The molecular formula is C24H36O9Si. The molecule has 0 N–H and O–H groups in total. The first-order chi connectivity index (χ1) is 16.0. The van der Waals surface area contributed by atoms with Crippen LogP contribution in [0.4, 0.5) is 0 Å². The van der Waals surface area contributed by atoms with E-state index in [1.54, 1.807) is 0 Å². The molecule has 0 bridgehead atoms. The van der Waals surface area contributed by atoms with E-state index in [0.717, 1.165) is 11.6 Å². The van der Waals surface area contributed by atoms with Gasteiger partial charge in [0, 0.05) is 35.5 Å². The van der Waals surface area contributed by atoms with Gasteiger partial charge in [-0.3, -0.25) is 14.4 Å². The predicted molar refractivity (Wildman–Crippen MR) is 126 cm³/mol. The number of rotatable bonds is 11. The maximum atomic E-state index is 11.9. The smallest absolute Gasteiger partial charge is 0.303 e. The topological polar surface area (TPSA) is 107 Å². The highest BCUT2D eigenvalue weighted by molar-refractivity contribution is 6.76. The van der Waals surface area contributed by atoms with Crippen molar-refractivity contribution in [1.82, 2.24) is 0 Å². The average Bonchev–Trinajstić information content (AvgIpc) is 2.71. The third kappa shape index (κ3) is 9.53. The lowest BCUT2D eigenvalue weighted by Crippen LogP contribution is -2.62. The molecule has 1 aliphatic heterocycles. The normalized spacial score (nSPS) is 24.8. The Morgan fingerprint density at radius 2 is 1.41 bits per heavy atom. The molecule has 0 spiro atoms. The second-order valence-electron chi connectivity index (χ2n) is 9.45. The van der Waals surface area contributed by atoms with Crippen molar-refractivity contribution in [3.8, 4) is 0 Å². The van der Waals surface area contributed by atoms with E-state index >= 15 is 0 Å². The van der Waals surface area contributed by atoms with E-state index in [1.807, 2.05) is 30.3 Å². The molecule has 1 fully saturated rings. The summed E-state index contributed by atoms with van der Waals surface area (Å²) >= 11 is 0. The van der Waals surface area contributed by atoms with Crippen LogP contribution in [0, 0.1) is 0 Å². The zero-order valence-electron chi connectivity index (χ0n) is 20.8. The summed E-state index contributed by atoms with van der Waals surface area (Å²) in [5, 5.41) is 0. The molecule has 1 unspecified atom stereocenters. The van der Waals surface area contributed by atoms with Gasteiger partial charge < -0.3 is 28.4 Å². The summed E-state index contributed by atoms with van der Waals surface area (Å²) in [7, 11) is -1.42. The lowest BCUT2D eigenvalue weighted by Gasteiger charge is -2.44. The first kappa shape index (κ1) is 28.0. The highest BCUT2D eigenvalue weighted by Crippen LogP contribution is 2.30. The van der Waals surface area contributed by atoms with Gasteiger partial charge in [-0.15, -0.1) is 0 Å². The van der Waals surface area contributed by atoms with E-state index in [1.165, 1.54) is 20.8 Å². The second-order valence-corrected chi connectivity index (χ2v) is 15.1. The first-order valence-corrected chi connectivity index (χ1v) is 15.1. The number of ether oxygens (including phenoxy) is 6. The zero-order chi connectivity index (χ0) is 25.3.